The highest BCUT2D eigenvalue weighted by Crippen LogP contribution is 2.40. The Morgan fingerprint density at radius 3 is 2.55 bits per heavy atom. The smallest absolute Gasteiger partial charge is 0.294 e. The monoisotopic (exact) mass is 306 g/mol. The van der Waals surface area contributed by atoms with Crippen LogP contribution in [0.1, 0.15) is 37.8 Å². The molecule has 20 heavy (non-hydrogen) atoms. The van der Waals surface area contributed by atoms with Crippen molar-refractivity contribution in [1.82, 2.24) is 4.98 Å². The molecule has 3 nitrogen and oxygen atoms in total. The lowest BCUT2D eigenvalue weighted by Crippen LogP contribution is -2.29. The van der Waals surface area contributed by atoms with E-state index in [1.54, 1.807) is 0 Å². The van der Waals surface area contributed by atoms with Gasteiger partial charge in [-0.1, -0.05) is 20.8 Å². The number of nitrogens with zero attached hydrogens (tertiary/aromatic N) is 1. The maximum Gasteiger partial charge on any atom is 0.471 e. The van der Waals surface area contributed by atoms with Gasteiger partial charge >= 0.3 is 12.1 Å². The first-order valence-electron chi connectivity index (χ1n) is 6.44. The summed E-state index contributed by atoms with van der Waals surface area (Å²) in [5.74, 6) is -1.47. The lowest BCUT2D eigenvalue weighted by molar-refractivity contribution is -0.167. The summed E-state index contributed by atoms with van der Waals surface area (Å²) in [6.45, 7) is 6.49. The molecule has 2 rings (SSSR count). The first-order chi connectivity index (χ1) is 9.07. The summed E-state index contributed by atoms with van der Waals surface area (Å²) < 4.78 is 36.6. The van der Waals surface area contributed by atoms with Gasteiger partial charge in [-0.25, -0.2) is 4.98 Å². The van der Waals surface area contributed by atoms with Crippen molar-refractivity contribution in [3.63, 3.8) is 0 Å². The Bertz CT molecular complexity index is 517. The molecule has 112 valence electrons. The summed E-state index contributed by atoms with van der Waals surface area (Å²) in [6, 6.07) is 0. The van der Waals surface area contributed by atoms with E-state index in [0.717, 1.165) is 41.2 Å². The molecular formula is C13H17F3N2OS. The summed E-state index contributed by atoms with van der Waals surface area (Å²) in [4.78, 5) is 16.0. The predicted octanol–water partition coefficient (Wildman–Crippen LogP) is 3.79. The van der Waals surface area contributed by atoms with Crippen LogP contribution in [-0.4, -0.2) is 17.1 Å². The molecule has 0 aliphatic heterocycles. The average molecular weight is 306 g/mol. The van der Waals surface area contributed by atoms with E-state index >= 15 is 0 Å². The molecular weight excluding hydrogens is 289 g/mol. The van der Waals surface area contributed by atoms with Gasteiger partial charge in [0.25, 0.3) is 0 Å². The summed E-state index contributed by atoms with van der Waals surface area (Å²) in [7, 11) is 0. The molecule has 1 aromatic heterocycles. The highest BCUT2D eigenvalue weighted by Gasteiger charge is 2.39. The molecule has 1 heterocycles. The molecule has 0 radical (unpaired) electrons. The maximum absolute atomic E-state index is 12.2. The number of nitrogens with one attached hydrogen (secondary N) is 1. The molecule has 1 N–H and O–H groups in total. The van der Waals surface area contributed by atoms with Crippen molar-refractivity contribution in [1.29, 1.82) is 0 Å². The molecule has 1 aliphatic carbocycles. The quantitative estimate of drug-likeness (QED) is 0.857. The molecule has 0 fully saturated rings. The summed E-state index contributed by atoms with van der Waals surface area (Å²) in [5.41, 5.74) is 0.991. The Balaban J connectivity index is 2.12. The molecule has 0 bridgehead atoms. The lowest BCUT2D eigenvalue weighted by atomic mass is 9.73. The molecule has 1 atom stereocenters. The second-order valence-electron chi connectivity index (χ2n) is 6.15. The topological polar surface area (TPSA) is 42.0 Å². The number of aromatic nitrogens is 1. The van der Waals surface area contributed by atoms with E-state index < -0.39 is 12.1 Å². The van der Waals surface area contributed by atoms with Crippen LogP contribution in [0.4, 0.5) is 18.3 Å². The Morgan fingerprint density at radius 1 is 1.35 bits per heavy atom. The van der Waals surface area contributed by atoms with Crippen LogP contribution in [0.15, 0.2) is 0 Å². The van der Waals surface area contributed by atoms with E-state index in [0.29, 0.717) is 5.92 Å². The maximum atomic E-state index is 12.2. The third-order valence-corrected chi connectivity index (χ3v) is 4.68. The number of carbonyl (C=O) groups excluding carboxylic acids is 1. The molecule has 0 spiro atoms. The standard InChI is InChI=1S/C13H17F3N2OS/c1-12(2,3)7-4-5-8-9(6-7)20-11(17-8)18-10(19)13(14,15)16/h7H,4-6H2,1-3H3,(H,17,18,19). The molecule has 1 unspecified atom stereocenters. The number of anilines is 1. The van der Waals surface area contributed by atoms with Crippen LogP contribution >= 0.6 is 11.3 Å². The number of hydrogen-bond acceptors (Lipinski definition) is 3. The molecule has 7 heteroatoms. The van der Waals surface area contributed by atoms with Gasteiger partial charge in [0, 0.05) is 4.88 Å². The number of carbonyl (C=O) groups is 1. The Labute approximate surface area is 119 Å². The number of amides is 1. The number of thiazole rings is 1. The van der Waals surface area contributed by atoms with Crippen molar-refractivity contribution in [3.8, 4) is 0 Å². The number of halogens is 3. The van der Waals surface area contributed by atoms with Gasteiger partial charge in [0.05, 0.1) is 5.69 Å². The molecule has 0 saturated heterocycles. The van der Waals surface area contributed by atoms with E-state index in [1.165, 1.54) is 0 Å². The van der Waals surface area contributed by atoms with E-state index in [-0.39, 0.29) is 10.5 Å². The Hall–Kier alpha value is -1.11. The van der Waals surface area contributed by atoms with Crippen LogP contribution in [0, 0.1) is 11.3 Å². The molecule has 1 amide bonds. The zero-order chi connectivity index (χ0) is 15.1. The first kappa shape index (κ1) is 15.3. The fourth-order valence-electron chi connectivity index (χ4n) is 2.34. The fourth-order valence-corrected chi connectivity index (χ4v) is 3.42. The van der Waals surface area contributed by atoms with E-state index in [1.807, 2.05) is 5.32 Å². The lowest BCUT2D eigenvalue weighted by Gasteiger charge is -2.33. The van der Waals surface area contributed by atoms with Gasteiger partial charge in [-0.3, -0.25) is 10.1 Å². The number of hydrogen-bond donors (Lipinski definition) is 1. The predicted molar refractivity (Wildman–Crippen MR) is 71.8 cm³/mol. The van der Waals surface area contributed by atoms with E-state index in [2.05, 4.69) is 25.8 Å². The van der Waals surface area contributed by atoms with Gasteiger partial charge in [0.15, 0.2) is 5.13 Å². The van der Waals surface area contributed by atoms with Gasteiger partial charge in [-0.05, 0) is 30.6 Å². The average Bonchev–Trinajstić information content (AvgIpc) is 2.67. The first-order valence-corrected chi connectivity index (χ1v) is 7.26. The van der Waals surface area contributed by atoms with Crippen LogP contribution in [0.2, 0.25) is 0 Å². The summed E-state index contributed by atoms with van der Waals surface area (Å²) in [5, 5.41) is 1.88. The Kier molecular flexibility index (Phi) is 3.83. The Morgan fingerprint density at radius 2 is 2.00 bits per heavy atom. The normalized spacial score (nSPS) is 19.6. The number of alkyl halides is 3. The molecule has 0 saturated carbocycles. The van der Waals surface area contributed by atoms with E-state index in [9.17, 15) is 18.0 Å². The fraction of sp³-hybridized carbons (Fsp3) is 0.692. The largest absolute Gasteiger partial charge is 0.471 e. The van der Waals surface area contributed by atoms with Crippen molar-refractivity contribution >= 4 is 22.4 Å². The van der Waals surface area contributed by atoms with Crippen LogP contribution in [-0.2, 0) is 17.6 Å². The van der Waals surface area contributed by atoms with Crippen molar-refractivity contribution in [2.75, 3.05) is 5.32 Å². The van der Waals surface area contributed by atoms with Crippen LogP contribution in [0.5, 0.6) is 0 Å². The van der Waals surface area contributed by atoms with Crippen molar-refractivity contribution < 1.29 is 18.0 Å². The van der Waals surface area contributed by atoms with Crippen LogP contribution < -0.4 is 5.32 Å². The second-order valence-corrected chi connectivity index (χ2v) is 7.23. The van der Waals surface area contributed by atoms with Gasteiger partial charge in [-0.15, -0.1) is 11.3 Å². The molecule has 1 aliphatic rings. The van der Waals surface area contributed by atoms with Crippen molar-refractivity contribution in [3.05, 3.63) is 10.6 Å². The van der Waals surface area contributed by atoms with Gasteiger partial charge < -0.3 is 0 Å². The highest BCUT2D eigenvalue weighted by atomic mass is 32.1. The van der Waals surface area contributed by atoms with Crippen LogP contribution in [0.3, 0.4) is 0 Å². The van der Waals surface area contributed by atoms with Gasteiger partial charge in [-0.2, -0.15) is 13.2 Å². The van der Waals surface area contributed by atoms with E-state index in [4.69, 9.17) is 0 Å². The number of rotatable bonds is 1. The number of fused-ring (bicyclic) bond motifs is 1. The summed E-state index contributed by atoms with van der Waals surface area (Å²) in [6.07, 6.45) is -2.32. The van der Waals surface area contributed by atoms with Crippen LogP contribution in [0.25, 0.3) is 0 Å². The third-order valence-electron chi connectivity index (χ3n) is 3.64. The molecule has 1 aromatic rings. The zero-order valence-corrected chi connectivity index (χ0v) is 12.4. The van der Waals surface area contributed by atoms with Crippen molar-refractivity contribution in [2.24, 2.45) is 11.3 Å². The van der Waals surface area contributed by atoms with Gasteiger partial charge in [0.1, 0.15) is 0 Å². The minimum absolute atomic E-state index is 0.0480. The minimum atomic E-state index is -4.87. The minimum Gasteiger partial charge on any atom is -0.294 e. The number of aryl methyl sites for hydroxylation is 1. The highest BCUT2D eigenvalue weighted by molar-refractivity contribution is 7.15. The van der Waals surface area contributed by atoms with Gasteiger partial charge in [0.2, 0.25) is 0 Å². The SMILES string of the molecule is CC(C)(C)C1CCc2nc(NC(=O)C(F)(F)F)sc2C1. The van der Waals surface area contributed by atoms with Crippen molar-refractivity contribution in [2.45, 2.75) is 46.2 Å². The zero-order valence-electron chi connectivity index (χ0n) is 11.6. The molecule has 0 aromatic carbocycles. The third kappa shape index (κ3) is 3.31. The summed E-state index contributed by atoms with van der Waals surface area (Å²) >= 11 is 1.16. The second kappa shape index (κ2) is 5.02.